The number of hydrogen-bond acceptors (Lipinski definition) is 2. The van der Waals surface area contributed by atoms with Crippen LogP contribution >= 0.6 is 0 Å². The monoisotopic (exact) mass is 232 g/mol. The van der Waals surface area contributed by atoms with E-state index in [2.05, 4.69) is 10.6 Å². The summed E-state index contributed by atoms with van der Waals surface area (Å²) in [6.45, 7) is 0.371. The van der Waals surface area contributed by atoms with Gasteiger partial charge in [0.15, 0.2) is 0 Å². The quantitative estimate of drug-likeness (QED) is 0.783. The molecule has 4 nitrogen and oxygen atoms in total. The Bertz CT molecular complexity index is 418. The lowest BCUT2D eigenvalue weighted by Crippen LogP contribution is -2.54. The van der Waals surface area contributed by atoms with E-state index in [1.54, 1.807) is 7.05 Å². The first kappa shape index (κ1) is 11.6. The molecule has 1 fully saturated rings. The second-order valence-corrected chi connectivity index (χ2v) is 4.30. The second kappa shape index (κ2) is 4.57. The van der Waals surface area contributed by atoms with Crippen LogP contribution in [-0.2, 0) is 15.0 Å². The van der Waals surface area contributed by atoms with Crippen LogP contribution in [0.2, 0.25) is 0 Å². The number of carbonyl (C=O) groups is 2. The van der Waals surface area contributed by atoms with Gasteiger partial charge in [-0.3, -0.25) is 9.59 Å². The lowest BCUT2D eigenvalue weighted by atomic mass is 9.74. The van der Waals surface area contributed by atoms with E-state index in [0.29, 0.717) is 19.4 Å². The highest BCUT2D eigenvalue weighted by atomic mass is 16.2. The van der Waals surface area contributed by atoms with E-state index < -0.39 is 5.41 Å². The van der Waals surface area contributed by atoms with E-state index in [0.717, 1.165) is 5.56 Å². The van der Waals surface area contributed by atoms with Gasteiger partial charge in [-0.05, 0) is 12.0 Å². The summed E-state index contributed by atoms with van der Waals surface area (Å²) < 4.78 is 0. The van der Waals surface area contributed by atoms with Gasteiger partial charge in [0.1, 0.15) is 0 Å². The standard InChI is InChI=1S/C13H16N2O2/c1-14-12(17)13(8-7-11(16)15-9-13)10-5-3-2-4-6-10/h2-6H,7-9H2,1H3,(H,14,17)(H,15,16). The molecule has 0 saturated carbocycles. The van der Waals surface area contributed by atoms with Crippen LogP contribution < -0.4 is 10.6 Å². The van der Waals surface area contributed by atoms with Gasteiger partial charge >= 0.3 is 0 Å². The molecular weight excluding hydrogens is 216 g/mol. The zero-order valence-electron chi connectivity index (χ0n) is 9.82. The third kappa shape index (κ3) is 2.02. The normalized spacial score (nSPS) is 23.9. The Labute approximate surface area is 100 Å². The molecule has 1 heterocycles. The molecular formula is C13H16N2O2. The van der Waals surface area contributed by atoms with Crippen molar-refractivity contribution in [2.75, 3.05) is 13.6 Å². The van der Waals surface area contributed by atoms with E-state index in [9.17, 15) is 9.59 Å². The first-order valence-corrected chi connectivity index (χ1v) is 5.73. The zero-order valence-corrected chi connectivity index (χ0v) is 9.82. The zero-order chi connectivity index (χ0) is 12.3. The highest BCUT2D eigenvalue weighted by Crippen LogP contribution is 2.31. The molecule has 2 rings (SSSR count). The smallest absolute Gasteiger partial charge is 0.232 e. The number of amides is 2. The maximum absolute atomic E-state index is 12.1. The summed E-state index contributed by atoms with van der Waals surface area (Å²) in [4.78, 5) is 23.4. The number of piperidine rings is 1. The molecule has 1 aromatic rings. The molecule has 2 amide bonds. The number of benzene rings is 1. The van der Waals surface area contributed by atoms with Gasteiger partial charge < -0.3 is 10.6 Å². The Morgan fingerprint density at radius 2 is 2.06 bits per heavy atom. The third-order valence-electron chi connectivity index (χ3n) is 3.35. The van der Waals surface area contributed by atoms with Crippen molar-refractivity contribution in [3.05, 3.63) is 35.9 Å². The van der Waals surface area contributed by atoms with Gasteiger partial charge in [-0.1, -0.05) is 30.3 Å². The Balaban J connectivity index is 2.38. The fourth-order valence-electron chi connectivity index (χ4n) is 2.32. The first-order valence-electron chi connectivity index (χ1n) is 5.73. The molecule has 2 N–H and O–H groups in total. The molecule has 0 spiro atoms. The van der Waals surface area contributed by atoms with Crippen molar-refractivity contribution in [3.63, 3.8) is 0 Å². The van der Waals surface area contributed by atoms with Crippen molar-refractivity contribution < 1.29 is 9.59 Å². The summed E-state index contributed by atoms with van der Waals surface area (Å²) >= 11 is 0. The molecule has 17 heavy (non-hydrogen) atoms. The lowest BCUT2D eigenvalue weighted by Gasteiger charge is -2.35. The molecule has 1 aliphatic heterocycles. The van der Waals surface area contributed by atoms with Gasteiger partial charge in [0.25, 0.3) is 0 Å². The van der Waals surface area contributed by atoms with Crippen molar-refractivity contribution in [2.24, 2.45) is 0 Å². The van der Waals surface area contributed by atoms with Gasteiger partial charge in [0.2, 0.25) is 11.8 Å². The Morgan fingerprint density at radius 3 is 2.59 bits per heavy atom. The fourth-order valence-corrected chi connectivity index (χ4v) is 2.32. The van der Waals surface area contributed by atoms with Crippen molar-refractivity contribution in [3.8, 4) is 0 Å². The number of nitrogens with one attached hydrogen (secondary N) is 2. The molecule has 0 radical (unpaired) electrons. The Hall–Kier alpha value is -1.84. The summed E-state index contributed by atoms with van der Waals surface area (Å²) in [5, 5.41) is 5.49. The van der Waals surface area contributed by atoms with E-state index in [1.807, 2.05) is 30.3 Å². The average Bonchev–Trinajstić information content (AvgIpc) is 2.40. The van der Waals surface area contributed by atoms with Crippen LogP contribution in [0.4, 0.5) is 0 Å². The fraction of sp³-hybridized carbons (Fsp3) is 0.385. The van der Waals surface area contributed by atoms with Crippen LogP contribution in [0, 0.1) is 0 Å². The van der Waals surface area contributed by atoms with Crippen LogP contribution in [0.3, 0.4) is 0 Å². The molecule has 90 valence electrons. The molecule has 0 aromatic heterocycles. The molecule has 0 bridgehead atoms. The highest BCUT2D eigenvalue weighted by Gasteiger charge is 2.42. The SMILES string of the molecule is CNC(=O)C1(c2ccccc2)CCC(=O)NC1. The van der Waals surface area contributed by atoms with E-state index >= 15 is 0 Å². The first-order chi connectivity index (χ1) is 8.19. The van der Waals surface area contributed by atoms with Crippen molar-refractivity contribution in [1.29, 1.82) is 0 Å². The Morgan fingerprint density at radius 1 is 1.35 bits per heavy atom. The molecule has 1 unspecified atom stereocenters. The molecule has 1 aromatic carbocycles. The maximum atomic E-state index is 12.1. The summed E-state index contributed by atoms with van der Waals surface area (Å²) in [5.41, 5.74) is 0.337. The molecule has 0 aliphatic carbocycles. The number of rotatable bonds is 2. The van der Waals surface area contributed by atoms with Crippen LogP contribution in [0.1, 0.15) is 18.4 Å². The highest BCUT2D eigenvalue weighted by molar-refractivity contribution is 5.91. The van der Waals surface area contributed by atoms with Gasteiger partial charge in [0, 0.05) is 20.0 Å². The summed E-state index contributed by atoms with van der Waals surface area (Å²) in [6.07, 6.45) is 0.949. The predicted molar refractivity (Wildman–Crippen MR) is 64.4 cm³/mol. The minimum absolute atomic E-state index is 0.0143. The van der Waals surface area contributed by atoms with E-state index in [4.69, 9.17) is 0 Å². The van der Waals surface area contributed by atoms with Crippen molar-refractivity contribution in [2.45, 2.75) is 18.3 Å². The van der Waals surface area contributed by atoms with Gasteiger partial charge in [-0.15, -0.1) is 0 Å². The number of carbonyl (C=O) groups excluding carboxylic acids is 2. The summed E-state index contributed by atoms with van der Waals surface area (Å²) in [5.74, 6) is -0.0239. The van der Waals surface area contributed by atoms with Gasteiger partial charge in [-0.25, -0.2) is 0 Å². The van der Waals surface area contributed by atoms with Crippen molar-refractivity contribution >= 4 is 11.8 Å². The predicted octanol–water partition coefficient (Wildman–Crippen LogP) is 0.580. The van der Waals surface area contributed by atoms with E-state index in [-0.39, 0.29) is 11.8 Å². The minimum Gasteiger partial charge on any atom is -0.358 e. The third-order valence-corrected chi connectivity index (χ3v) is 3.35. The van der Waals surface area contributed by atoms with Crippen LogP contribution in [0.5, 0.6) is 0 Å². The summed E-state index contributed by atoms with van der Waals surface area (Å²) in [6, 6.07) is 9.62. The lowest BCUT2D eigenvalue weighted by molar-refractivity contribution is -0.130. The molecule has 1 aliphatic rings. The van der Waals surface area contributed by atoms with Crippen molar-refractivity contribution in [1.82, 2.24) is 10.6 Å². The Kier molecular flexibility index (Phi) is 3.13. The largest absolute Gasteiger partial charge is 0.358 e. The summed E-state index contributed by atoms with van der Waals surface area (Å²) in [7, 11) is 1.63. The van der Waals surface area contributed by atoms with Gasteiger partial charge in [0.05, 0.1) is 5.41 Å². The van der Waals surface area contributed by atoms with Gasteiger partial charge in [-0.2, -0.15) is 0 Å². The topological polar surface area (TPSA) is 58.2 Å². The number of likely N-dealkylation sites (N-methyl/N-ethyl adjacent to an activating group) is 1. The maximum Gasteiger partial charge on any atom is 0.232 e. The van der Waals surface area contributed by atoms with Crippen LogP contribution in [-0.4, -0.2) is 25.4 Å². The molecule has 1 atom stereocenters. The van der Waals surface area contributed by atoms with Crippen LogP contribution in [0.15, 0.2) is 30.3 Å². The average molecular weight is 232 g/mol. The second-order valence-electron chi connectivity index (χ2n) is 4.30. The molecule has 1 saturated heterocycles. The molecule has 4 heteroatoms. The van der Waals surface area contributed by atoms with E-state index in [1.165, 1.54) is 0 Å². The van der Waals surface area contributed by atoms with Crippen LogP contribution in [0.25, 0.3) is 0 Å². The minimum atomic E-state index is -0.621. The number of hydrogen-bond donors (Lipinski definition) is 2.